The highest BCUT2D eigenvalue weighted by atomic mass is 32.1. The Morgan fingerprint density at radius 1 is 1.34 bits per heavy atom. The number of nitrogens with one attached hydrogen (secondary N) is 1. The van der Waals surface area contributed by atoms with E-state index < -0.39 is 11.1 Å². The molecule has 1 N–H and O–H groups in total. The molecule has 0 radical (unpaired) electrons. The second-order valence-corrected chi connectivity index (χ2v) is 8.34. The summed E-state index contributed by atoms with van der Waals surface area (Å²) >= 11 is 0.736. The number of anilines is 1. The summed E-state index contributed by atoms with van der Waals surface area (Å²) < 4.78 is 45.5. The lowest BCUT2D eigenvalue weighted by Gasteiger charge is -2.41. The van der Waals surface area contributed by atoms with Crippen LogP contribution in [0.1, 0.15) is 16.9 Å². The minimum absolute atomic E-state index is 0.257. The highest BCUT2D eigenvalue weighted by molar-refractivity contribution is 7.16. The molecule has 1 atom stereocenters. The summed E-state index contributed by atoms with van der Waals surface area (Å²) in [6, 6.07) is 5.27. The molecule has 0 spiro atoms. The van der Waals surface area contributed by atoms with Gasteiger partial charge in [-0.3, -0.25) is 9.88 Å². The van der Waals surface area contributed by atoms with Crippen LogP contribution in [0.2, 0.25) is 0 Å². The number of thiophene rings is 1. The summed E-state index contributed by atoms with van der Waals surface area (Å²) in [6.07, 6.45) is -0.0866. The molecule has 156 valence electrons. The summed E-state index contributed by atoms with van der Waals surface area (Å²) in [5.74, 6) is 0. The first-order valence-electron chi connectivity index (χ1n) is 9.46. The van der Waals surface area contributed by atoms with Crippen LogP contribution in [-0.2, 0) is 10.9 Å². The molecule has 0 bridgehead atoms. The van der Waals surface area contributed by atoms with Crippen molar-refractivity contribution in [2.24, 2.45) is 0 Å². The van der Waals surface area contributed by atoms with Crippen LogP contribution in [0.25, 0.3) is 11.9 Å². The number of methoxy groups -OCH3 is 1. The van der Waals surface area contributed by atoms with E-state index in [9.17, 15) is 13.2 Å². The molecular weight excluding hydrogens is 401 g/mol. The minimum Gasteiger partial charge on any atom is -0.385 e. The molecule has 2 aliphatic rings. The lowest BCUT2D eigenvalue weighted by atomic mass is 10.1. The smallest absolute Gasteiger partial charge is 0.385 e. The fourth-order valence-electron chi connectivity index (χ4n) is 3.85. The van der Waals surface area contributed by atoms with E-state index in [1.807, 2.05) is 12.1 Å². The topological polar surface area (TPSA) is 40.6 Å². The maximum atomic E-state index is 13.4. The third kappa shape index (κ3) is 3.99. The van der Waals surface area contributed by atoms with Crippen LogP contribution in [0.3, 0.4) is 0 Å². The van der Waals surface area contributed by atoms with Gasteiger partial charge in [0.2, 0.25) is 0 Å². The van der Waals surface area contributed by atoms with Gasteiger partial charge < -0.3 is 15.0 Å². The van der Waals surface area contributed by atoms with Gasteiger partial charge in [-0.1, -0.05) is 0 Å². The standard InChI is InChI=1S/C20H23F3N4OS/c1-26-7-8-27(12-14(26)5-9-28-2)18-15-10-16(20(21,22)23)29-19(15)25-11-13-4-3-6-24-17(13)18/h3-4,6,10-11,14,25H,5,7-9,12H2,1-2H3. The quantitative estimate of drug-likeness (QED) is 0.815. The molecule has 4 heterocycles. The first-order valence-corrected chi connectivity index (χ1v) is 10.3. The van der Waals surface area contributed by atoms with Gasteiger partial charge in [0.25, 0.3) is 0 Å². The van der Waals surface area contributed by atoms with Crippen LogP contribution in [0.15, 0.2) is 24.4 Å². The van der Waals surface area contributed by atoms with Gasteiger partial charge in [-0.2, -0.15) is 13.2 Å². The average molecular weight is 424 g/mol. The molecule has 0 amide bonds. The summed E-state index contributed by atoms with van der Waals surface area (Å²) in [7, 11) is 3.76. The number of rotatable bonds is 4. The number of hydrogen-bond acceptors (Lipinski definition) is 6. The van der Waals surface area contributed by atoms with E-state index in [0.29, 0.717) is 29.1 Å². The SMILES string of the molecule is COCCC1CN(C2=c3ncccc3=CNc3sc(C(F)(F)F)cc32)CCN1C. The zero-order chi connectivity index (χ0) is 20.6. The molecule has 9 heteroatoms. The zero-order valence-electron chi connectivity index (χ0n) is 16.3. The first kappa shape index (κ1) is 20.2. The van der Waals surface area contributed by atoms with Gasteiger partial charge in [-0.05, 0) is 31.7 Å². The Balaban J connectivity index is 1.83. The van der Waals surface area contributed by atoms with Crippen molar-refractivity contribution in [3.63, 3.8) is 0 Å². The van der Waals surface area contributed by atoms with Gasteiger partial charge >= 0.3 is 6.18 Å². The van der Waals surface area contributed by atoms with E-state index in [0.717, 1.165) is 41.8 Å². The average Bonchev–Trinajstić information content (AvgIpc) is 3.05. The fraction of sp³-hybridized carbons (Fsp3) is 0.450. The number of nitrogens with zero attached hydrogens (tertiary/aromatic N) is 3. The number of aromatic nitrogens is 1. The second-order valence-electron chi connectivity index (χ2n) is 7.29. The van der Waals surface area contributed by atoms with E-state index in [1.165, 1.54) is 6.07 Å². The first-order chi connectivity index (χ1) is 13.9. The summed E-state index contributed by atoms with van der Waals surface area (Å²) in [5.41, 5.74) is 1.32. The Labute approximate surface area is 171 Å². The Kier molecular flexibility index (Phi) is 5.54. The van der Waals surface area contributed by atoms with E-state index in [4.69, 9.17) is 4.74 Å². The van der Waals surface area contributed by atoms with E-state index in [2.05, 4.69) is 27.1 Å². The van der Waals surface area contributed by atoms with Crippen LogP contribution >= 0.6 is 11.3 Å². The predicted octanol–water partition coefficient (Wildman–Crippen LogP) is 2.13. The normalized spacial score (nSPS) is 19.8. The number of likely N-dealkylation sites (N-methyl/N-ethyl adjacent to an activating group) is 1. The van der Waals surface area contributed by atoms with Crippen molar-refractivity contribution in [1.82, 2.24) is 14.8 Å². The van der Waals surface area contributed by atoms with Crippen LogP contribution in [0, 0.1) is 0 Å². The fourth-order valence-corrected chi connectivity index (χ4v) is 4.75. The number of pyridine rings is 1. The second kappa shape index (κ2) is 7.97. The molecule has 0 aromatic carbocycles. The van der Waals surface area contributed by atoms with Gasteiger partial charge in [-0.15, -0.1) is 11.3 Å². The third-order valence-electron chi connectivity index (χ3n) is 5.44. The van der Waals surface area contributed by atoms with Gasteiger partial charge in [0, 0.05) is 62.6 Å². The molecule has 1 unspecified atom stereocenters. The van der Waals surface area contributed by atoms with Crippen molar-refractivity contribution in [1.29, 1.82) is 0 Å². The van der Waals surface area contributed by atoms with E-state index in [1.54, 1.807) is 19.5 Å². The molecule has 0 saturated carbocycles. The molecule has 1 fully saturated rings. The summed E-state index contributed by atoms with van der Waals surface area (Å²) in [4.78, 5) is 8.40. The molecule has 2 aromatic heterocycles. The predicted molar refractivity (Wildman–Crippen MR) is 108 cm³/mol. The molecule has 4 rings (SSSR count). The Morgan fingerprint density at radius 2 is 2.17 bits per heavy atom. The van der Waals surface area contributed by atoms with Crippen molar-refractivity contribution >= 4 is 28.2 Å². The molecule has 29 heavy (non-hydrogen) atoms. The maximum absolute atomic E-state index is 13.4. The van der Waals surface area contributed by atoms with Crippen molar-refractivity contribution in [3.8, 4) is 0 Å². The van der Waals surface area contributed by atoms with Crippen molar-refractivity contribution in [3.05, 3.63) is 45.4 Å². The Morgan fingerprint density at radius 3 is 2.93 bits per heavy atom. The molecule has 2 aliphatic heterocycles. The minimum atomic E-state index is -4.38. The summed E-state index contributed by atoms with van der Waals surface area (Å²) in [5, 5.41) is 5.15. The van der Waals surface area contributed by atoms with E-state index >= 15 is 0 Å². The van der Waals surface area contributed by atoms with Crippen molar-refractivity contribution in [2.45, 2.75) is 18.6 Å². The Bertz CT molecular complexity index is 1000. The van der Waals surface area contributed by atoms with Gasteiger partial charge in [0.05, 0.1) is 11.0 Å². The monoisotopic (exact) mass is 424 g/mol. The lowest BCUT2D eigenvalue weighted by molar-refractivity contribution is -0.134. The highest BCUT2D eigenvalue weighted by Gasteiger charge is 2.36. The number of hydrogen-bond donors (Lipinski definition) is 1. The number of piperazine rings is 1. The van der Waals surface area contributed by atoms with Crippen LogP contribution in [0.4, 0.5) is 18.2 Å². The number of fused-ring (bicyclic) bond motifs is 2. The van der Waals surface area contributed by atoms with Crippen molar-refractivity contribution < 1.29 is 17.9 Å². The molecule has 5 nitrogen and oxygen atoms in total. The third-order valence-corrected chi connectivity index (χ3v) is 6.55. The molecule has 2 aromatic rings. The van der Waals surface area contributed by atoms with Crippen LogP contribution < -0.4 is 15.9 Å². The van der Waals surface area contributed by atoms with Gasteiger partial charge in [0.15, 0.2) is 0 Å². The highest BCUT2D eigenvalue weighted by Crippen LogP contribution is 2.42. The van der Waals surface area contributed by atoms with Gasteiger partial charge in [-0.25, -0.2) is 0 Å². The van der Waals surface area contributed by atoms with Gasteiger partial charge in [0.1, 0.15) is 9.88 Å². The molecule has 1 saturated heterocycles. The van der Waals surface area contributed by atoms with Crippen molar-refractivity contribution in [2.75, 3.05) is 45.7 Å². The molecule has 0 aliphatic carbocycles. The zero-order valence-corrected chi connectivity index (χ0v) is 17.1. The summed E-state index contributed by atoms with van der Waals surface area (Å²) in [6.45, 7) is 2.90. The number of alkyl halides is 3. The van der Waals surface area contributed by atoms with Crippen LogP contribution in [0.5, 0.6) is 0 Å². The largest absolute Gasteiger partial charge is 0.425 e. The maximum Gasteiger partial charge on any atom is 0.425 e. The van der Waals surface area contributed by atoms with Crippen LogP contribution in [-0.4, -0.2) is 61.2 Å². The number of ether oxygens (including phenoxy) is 1. The van der Waals surface area contributed by atoms with E-state index in [-0.39, 0.29) is 6.04 Å². The number of halogens is 3. The molecular formula is C20H23F3N4OS. The lowest BCUT2D eigenvalue weighted by Crippen LogP contribution is -2.52. The Hall–Kier alpha value is -2.10.